The average molecular weight is 627 g/mol. The molecule has 0 saturated carbocycles. The summed E-state index contributed by atoms with van der Waals surface area (Å²) in [5, 5.41) is 9.88. The van der Waals surface area contributed by atoms with Crippen molar-refractivity contribution in [1.29, 1.82) is 5.26 Å². The van der Waals surface area contributed by atoms with Gasteiger partial charge < -0.3 is 14.5 Å². The maximum Gasteiger partial charge on any atom is 0.332 e. The van der Waals surface area contributed by atoms with E-state index >= 15 is 0 Å². The number of esters is 1. The lowest BCUT2D eigenvalue weighted by Gasteiger charge is -2.34. The molecule has 0 aliphatic carbocycles. The Labute approximate surface area is 260 Å². The molecule has 1 spiro atoms. The second-order valence-corrected chi connectivity index (χ2v) is 13.1. The van der Waals surface area contributed by atoms with Crippen LogP contribution in [0.2, 0.25) is 10.0 Å². The number of likely N-dealkylation sites (N-methyl/N-ethyl adjacent to an activating group) is 1. The zero-order chi connectivity index (χ0) is 31.3. The van der Waals surface area contributed by atoms with Crippen LogP contribution in [0.5, 0.6) is 0 Å². The first-order valence-corrected chi connectivity index (χ1v) is 14.8. The van der Waals surface area contributed by atoms with Gasteiger partial charge in [0.05, 0.1) is 23.9 Å². The van der Waals surface area contributed by atoms with E-state index in [0.717, 1.165) is 10.5 Å². The van der Waals surface area contributed by atoms with E-state index in [9.17, 15) is 24.4 Å². The van der Waals surface area contributed by atoms with Gasteiger partial charge in [0.15, 0.2) is 0 Å². The van der Waals surface area contributed by atoms with Crippen molar-refractivity contribution in [1.82, 2.24) is 14.7 Å². The summed E-state index contributed by atoms with van der Waals surface area (Å²) < 4.78 is 5.57. The van der Waals surface area contributed by atoms with Crippen molar-refractivity contribution in [2.45, 2.75) is 56.7 Å². The lowest BCUT2D eigenvalue weighted by molar-refractivity contribution is -0.163. The molecule has 226 valence electrons. The smallest absolute Gasteiger partial charge is 0.332 e. The van der Waals surface area contributed by atoms with Gasteiger partial charge in [-0.2, -0.15) is 5.26 Å². The van der Waals surface area contributed by atoms with Gasteiger partial charge in [0, 0.05) is 42.6 Å². The molecule has 0 aromatic heterocycles. The van der Waals surface area contributed by atoms with E-state index in [0.29, 0.717) is 24.9 Å². The number of benzene rings is 2. The zero-order valence-electron chi connectivity index (χ0n) is 24.5. The minimum absolute atomic E-state index is 0.0495. The van der Waals surface area contributed by atoms with E-state index in [1.54, 1.807) is 57.0 Å². The number of imide groups is 1. The van der Waals surface area contributed by atoms with E-state index in [4.69, 9.17) is 27.9 Å². The predicted octanol–water partition coefficient (Wildman–Crippen LogP) is 4.43. The number of likely N-dealkylation sites (tertiary alicyclic amines) is 2. The number of anilines is 1. The quantitative estimate of drug-likeness (QED) is 0.356. The van der Waals surface area contributed by atoms with Crippen LogP contribution in [0, 0.1) is 11.3 Å². The molecule has 0 bridgehead atoms. The summed E-state index contributed by atoms with van der Waals surface area (Å²) >= 11 is 12.4. The van der Waals surface area contributed by atoms with Gasteiger partial charge in [-0.05, 0) is 69.5 Å². The van der Waals surface area contributed by atoms with E-state index in [2.05, 4.69) is 6.07 Å². The number of nitriles is 1. The van der Waals surface area contributed by atoms with Crippen LogP contribution >= 0.6 is 23.2 Å². The van der Waals surface area contributed by atoms with E-state index in [1.165, 1.54) is 23.1 Å². The molecule has 3 heterocycles. The van der Waals surface area contributed by atoms with Crippen molar-refractivity contribution in [2.75, 3.05) is 38.1 Å². The fraction of sp³-hybridized carbons (Fsp3) is 0.452. The second kappa shape index (κ2) is 11.5. The standard InChI is InChI=1S/C31H33Cl2N5O5/c1-30(2,3)43-27(40)25-6-5-11-37(25)26(39)17-36-16-24(20-9-7-19(15-34)8-10-20)31(18-36)28(41)38(29(42)35(31)4)23-13-21(32)12-22(33)14-23/h7-10,12-14,24-25H,5-6,11,16-18H2,1-4H3/t24-,25-,31+/m0/s1. The number of nitrogens with zero attached hydrogens (tertiary/aromatic N) is 5. The molecule has 3 saturated heterocycles. The number of ether oxygens (including phenoxy) is 1. The topological polar surface area (TPSA) is 114 Å². The number of carbonyl (C=O) groups excluding carboxylic acids is 4. The molecule has 2 aromatic carbocycles. The first kappa shape index (κ1) is 30.8. The van der Waals surface area contributed by atoms with E-state index in [-0.39, 0.29) is 41.3 Å². The summed E-state index contributed by atoms with van der Waals surface area (Å²) in [5.74, 6) is -1.66. The Morgan fingerprint density at radius 1 is 1.09 bits per heavy atom. The number of hydrogen-bond acceptors (Lipinski definition) is 7. The number of carbonyl (C=O) groups is 4. The van der Waals surface area contributed by atoms with Crippen LogP contribution in [0.3, 0.4) is 0 Å². The molecule has 4 amide bonds. The molecule has 0 radical (unpaired) electrons. The van der Waals surface area contributed by atoms with Crippen LogP contribution in [0.15, 0.2) is 42.5 Å². The summed E-state index contributed by atoms with van der Waals surface area (Å²) in [7, 11) is 1.58. The third-order valence-electron chi connectivity index (χ3n) is 8.29. The highest BCUT2D eigenvalue weighted by molar-refractivity contribution is 6.35. The summed E-state index contributed by atoms with van der Waals surface area (Å²) in [5.41, 5.74) is -0.566. The third-order valence-corrected chi connectivity index (χ3v) is 8.73. The number of urea groups is 1. The van der Waals surface area contributed by atoms with Gasteiger partial charge in [0.1, 0.15) is 17.2 Å². The van der Waals surface area contributed by atoms with Crippen molar-refractivity contribution in [3.05, 3.63) is 63.6 Å². The van der Waals surface area contributed by atoms with Crippen LogP contribution in [0.25, 0.3) is 0 Å². The van der Waals surface area contributed by atoms with Gasteiger partial charge in [-0.15, -0.1) is 0 Å². The fourth-order valence-electron chi connectivity index (χ4n) is 6.38. The molecule has 3 atom stereocenters. The van der Waals surface area contributed by atoms with Gasteiger partial charge in [0.2, 0.25) is 5.91 Å². The van der Waals surface area contributed by atoms with Crippen molar-refractivity contribution in [3.63, 3.8) is 0 Å². The minimum atomic E-state index is -1.35. The molecule has 12 heteroatoms. The van der Waals surface area contributed by atoms with Crippen LogP contribution in [0.1, 0.15) is 50.7 Å². The number of hydrogen-bond donors (Lipinski definition) is 0. The molecule has 0 N–H and O–H groups in total. The first-order chi connectivity index (χ1) is 20.2. The Hall–Kier alpha value is -3.65. The van der Waals surface area contributed by atoms with Crippen molar-refractivity contribution >= 4 is 52.7 Å². The van der Waals surface area contributed by atoms with Gasteiger partial charge in [0.25, 0.3) is 5.91 Å². The number of halogens is 2. The SMILES string of the molecule is CN1C(=O)N(c2cc(Cl)cc(Cl)c2)C(=O)[C@]12CN(CC(=O)N1CCC[C@H]1C(=O)OC(C)(C)C)C[C@H]2c1ccc(C#N)cc1. The zero-order valence-corrected chi connectivity index (χ0v) is 26.0. The average Bonchev–Trinajstić information content (AvgIpc) is 3.61. The number of amides is 4. The molecule has 3 aliphatic rings. The van der Waals surface area contributed by atoms with Crippen LogP contribution in [0.4, 0.5) is 10.5 Å². The Balaban J connectivity index is 1.47. The largest absolute Gasteiger partial charge is 0.458 e. The summed E-state index contributed by atoms with van der Waals surface area (Å²) in [6, 6.07) is 12.3. The third kappa shape index (κ3) is 5.69. The van der Waals surface area contributed by atoms with Crippen molar-refractivity contribution in [3.8, 4) is 6.07 Å². The van der Waals surface area contributed by atoms with E-state index < -0.39 is 41.0 Å². The molecule has 2 aromatic rings. The van der Waals surface area contributed by atoms with Gasteiger partial charge >= 0.3 is 12.0 Å². The van der Waals surface area contributed by atoms with Crippen LogP contribution < -0.4 is 4.90 Å². The summed E-state index contributed by atoms with van der Waals surface area (Å²) in [4.78, 5) is 60.5. The highest BCUT2D eigenvalue weighted by Crippen LogP contribution is 2.46. The summed E-state index contributed by atoms with van der Waals surface area (Å²) in [6.07, 6.45) is 1.20. The molecule has 3 fully saturated rings. The molecule has 5 rings (SSSR count). The molecule has 0 unspecified atom stereocenters. The second-order valence-electron chi connectivity index (χ2n) is 12.3. The van der Waals surface area contributed by atoms with Gasteiger partial charge in [-0.3, -0.25) is 14.5 Å². The van der Waals surface area contributed by atoms with Crippen LogP contribution in [-0.2, 0) is 19.1 Å². The molecular formula is C31H33Cl2N5O5. The highest BCUT2D eigenvalue weighted by atomic mass is 35.5. The molecule has 10 nitrogen and oxygen atoms in total. The van der Waals surface area contributed by atoms with Gasteiger partial charge in [-0.25, -0.2) is 14.5 Å². The lowest BCUT2D eigenvalue weighted by atomic mass is 9.80. The lowest BCUT2D eigenvalue weighted by Crippen LogP contribution is -2.54. The fourth-order valence-corrected chi connectivity index (χ4v) is 6.89. The van der Waals surface area contributed by atoms with E-state index in [1.807, 2.05) is 4.90 Å². The maximum atomic E-state index is 14.4. The molecule has 3 aliphatic heterocycles. The molecule has 43 heavy (non-hydrogen) atoms. The van der Waals surface area contributed by atoms with Gasteiger partial charge in [-0.1, -0.05) is 35.3 Å². The Morgan fingerprint density at radius 3 is 2.35 bits per heavy atom. The Bertz CT molecular complexity index is 1500. The first-order valence-electron chi connectivity index (χ1n) is 14.1. The van der Waals surface area contributed by atoms with Crippen LogP contribution in [-0.4, -0.2) is 88.9 Å². The molecular weight excluding hydrogens is 593 g/mol. The van der Waals surface area contributed by atoms with Crippen molar-refractivity contribution < 1.29 is 23.9 Å². The number of rotatable bonds is 5. The van der Waals surface area contributed by atoms with Crippen molar-refractivity contribution in [2.24, 2.45) is 0 Å². The highest BCUT2D eigenvalue weighted by Gasteiger charge is 2.64. The Kier molecular flexibility index (Phi) is 8.20. The minimum Gasteiger partial charge on any atom is -0.458 e. The maximum absolute atomic E-state index is 14.4. The normalized spacial score (nSPS) is 24.3. The summed E-state index contributed by atoms with van der Waals surface area (Å²) in [6.45, 7) is 6.12. The monoisotopic (exact) mass is 625 g/mol. The Morgan fingerprint density at radius 2 is 1.74 bits per heavy atom. The predicted molar refractivity (Wildman–Crippen MR) is 161 cm³/mol.